The molecule has 0 fully saturated rings. The maximum atomic E-state index is 12.2. The van der Waals surface area contributed by atoms with Crippen LogP contribution in [0.4, 0.5) is 0 Å². The molecule has 5 heteroatoms. The highest BCUT2D eigenvalue weighted by molar-refractivity contribution is 5.70. The molecular weight excluding hydrogens is 596 g/mol. The number of aliphatic hydroxyl groups excluding tert-OH is 1. The topological polar surface area (TPSA) is 72.8 Å². The quantitative estimate of drug-likeness (QED) is 0.0420. The van der Waals surface area contributed by atoms with Crippen LogP contribution in [-0.2, 0) is 19.1 Å². The number of hydrogen-bond donors (Lipinski definition) is 1. The zero-order valence-electron chi connectivity index (χ0n) is 31.0. The number of carbonyl (C=O) groups is 2. The van der Waals surface area contributed by atoms with Gasteiger partial charge in [0, 0.05) is 12.8 Å². The van der Waals surface area contributed by atoms with Gasteiger partial charge in [-0.3, -0.25) is 9.59 Å². The van der Waals surface area contributed by atoms with Crippen LogP contribution in [0.3, 0.4) is 0 Å². The van der Waals surface area contributed by atoms with E-state index < -0.39 is 6.10 Å². The summed E-state index contributed by atoms with van der Waals surface area (Å²) in [5.41, 5.74) is 0. The van der Waals surface area contributed by atoms with Crippen molar-refractivity contribution >= 4 is 11.9 Å². The van der Waals surface area contributed by atoms with E-state index in [2.05, 4.69) is 86.8 Å². The van der Waals surface area contributed by atoms with Gasteiger partial charge in [0.1, 0.15) is 6.61 Å². The molecule has 0 aromatic rings. The fourth-order valence-corrected chi connectivity index (χ4v) is 5.04. The highest BCUT2D eigenvalue weighted by Crippen LogP contribution is 2.12. The lowest BCUT2D eigenvalue weighted by atomic mass is 10.1. The predicted octanol–water partition coefficient (Wildman–Crippen LogP) is 12.2. The second kappa shape index (κ2) is 38.8. The van der Waals surface area contributed by atoms with E-state index in [0.717, 1.165) is 89.9 Å². The van der Waals surface area contributed by atoms with Crippen LogP contribution in [0.15, 0.2) is 72.9 Å². The van der Waals surface area contributed by atoms with Crippen LogP contribution >= 0.6 is 0 Å². The van der Waals surface area contributed by atoms with Crippen LogP contribution in [0, 0.1) is 0 Å². The van der Waals surface area contributed by atoms with Crippen molar-refractivity contribution in [2.75, 3.05) is 13.2 Å². The Kier molecular flexibility index (Phi) is 36.6. The number of unbranched alkanes of at least 4 members (excludes halogenated alkanes) is 14. The van der Waals surface area contributed by atoms with E-state index in [1.807, 2.05) is 0 Å². The molecule has 0 bridgehead atoms. The van der Waals surface area contributed by atoms with Crippen molar-refractivity contribution in [1.29, 1.82) is 0 Å². The lowest BCUT2D eigenvalue weighted by Crippen LogP contribution is -2.28. The van der Waals surface area contributed by atoms with Crippen molar-refractivity contribution in [3.63, 3.8) is 0 Å². The van der Waals surface area contributed by atoms with Crippen LogP contribution in [0.1, 0.15) is 168 Å². The Morgan fingerprint density at radius 3 is 1.35 bits per heavy atom. The molecule has 0 aromatic heterocycles. The lowest BCUT2D eigenvalue weighted by Gasteiger charge is -2.15. The number of esters is 2. The van der Waals surface area contributed by atoms with Crippen molar-refractivity contribution in [3.8, 4) is 0 Å². The molecule has 0 rings (SSSR count). The Balaban J connectivity index is 3.64. The van der Waals surface area contributed by atoms with Crippen LogP contribution in [0.5, 0.6) is 0 Å². The molecule has 274 valence electrons. The SMILES string of the molecule is CCC=CCC=CCC=CCC=CCCCCCCC(=O)OCC(CO)OC(=O)CCCCCCCCCC=CCC=CCCCCC. The van der Waals surface area contributed by atoms with Crippen molar-refractivity contribution in [1.82, 2.24) is 0 Å². The van der Waals surface area contributed by atoms with Gasteiger partial charge in [-0.1, -0.05) is 145 Å². The minimum Gasteiger partial charge on any atom is -0.462 e. The molecule has 1 N–H and O–H groups in total. The first-order valence-corrected chi connectivity index (χ1v) is 19.5. The molecule has 1 atom stereocenters. The van der Waals surface area contributed by atoms with Gasteiger partial charge in [-0.25, -0.2) is 0 Å². The van der Waals surface area contributed by atoms with Gasteiger partial charge in [0.25, 0.3) is 0 Å². The van der Waals surface area contributed by atoms with Gasteiger partial charge >= 0.3 is 11.9 Å². The largest absolute Gasteiger partial charge is 0.462 e. The molecule has 0 aromatic carbocycles. The second-order valence-corrected chi connectivity index (χ2v) is 12.6. The smallest absolute Gasteiger partial charge is 0.306 e. The molecule has 48 heavy (non-hydrogen) atoms. The molecule has 0 aliphatic heterocycles. The minimum absolute atomic E-state index is 0.0855. The van der Waals surface area contributed by atoms with Crippen molar-refractivity contribution in [2.45, 2.75) is 174 Å². The Labute approximate surface area is 295 Å². The maximum Gasteiger partial charge on any atom is 0.306 e. The summed E-state index contributed by atoms with van der Waals surface area (Å²) in [4.78, 5) is 24.2. The van der Waals surface area contributed by atoms with E-state index >= 15 is 0 Å². The molecule has 0 aliphatic rings. The molecule has 0 saturated heterocycles. The summed E-state index contributed by atoms with van der Waals surface area (Å²) in [6.45, 7) is 3.96. The summed E-state index contributed by atoms with van der Waals surface area (Å²) in [6.07, 6.45) is 51.0. The van der Waals surface area contributed by atoms with E-state index in [4.69, 9.17) is 9.47 Å². The Hall–Kier alpha value is -2.66. The lowest BCUT2D eigenvalue weighted by molar-refractivity contribution is -0.161. The second-order valence-electron chi connectivity index (χ2n) is 12.6. The zero-order valence-corrected chi connectivity index (χ0v) is 31.0. The van der Waals surface area contributed by atoms with Gasteiger partial charge in [0.2, 0.25) is 0 Å². The van der Waals surface area contributed by atoms with E-state index in [0.29, 0.717) is 12.8 Å². The number of hydrogen-bond acceptors (Lipinski definition) is 5. The van der Waals surface area contributed by atoms with Gasteiger partial charge in [0.15, 0.2) is 6.10 Å². The standard InChI is InChI=1S/C43H72O5/c1-3-5-7-9-11-13-15-17-19-21-23-25-27-29-31-33-35-37-42(45)47-40-41(39-44)48-43(46)38-36-34-32-30-28-26-24-22-20-18-16-14-12-10-8-6-4-2/h5,7,11-14,17-20,23,25,41,44H,3-4,6,8-10,15-16,21-22,24,26-40H2,1-2H3. The summed E-state index contributed by atoms with van der Waals surface area (Å²) in [5, 5.41) is 9.55. The highest BCUT2D eigenvalue weighted by atomic mass is 16.6. The van der Waals surface area contributed by atoms with E-state index in [1.165, 1.54) is 51.4 Å². The van der Waals surface area contributed by atoms with E-state index in [1.54, 1.807) is 0 Å². The van der Waals surface area contributed by atoms with Gasteiger partial charge < -0.3 is 14.6 Å². The third kappa shape index (κ3) is 36.2. The van der Waals surface area contributed by atoms with Gasteiger partial charge in [-0.15, -0.1) is 0 Å². The molecule has 0 heterocycles. The van der Waals surface area contributed by atoms with Crippen LogP contribution in [-0.4, -0.2) is 36.4 Å². The zero-order chi connectivity index (χ0) is 35.0. The highest BCUT2D eigenvalue weighted by Gasteiger charge is 2.16. The molecule has 0 saturated carbocycles. The summed E-state index contributed by atoms with van der Waals surface area (Å²) < 4.78 is 10.6. The summed E-state index contributed by atoms with van der Waals surface area (Å²) in [6, 6.07) is 0. The Bertz CT molecular complexity index is 895. The van der Waals surface area contributed by atoms with Gasteiger partial charge in [-0.05, 0) is 83.5 Å². The summed E-state index contributed by atoms with van der Waals surface area (Å²) in [7, 11) is 0. The van der Waals surface area contributed by atoms with E-state index in [-0.39, 0.29) is 25.2 Å². The third-order valence-corrected chi connectivity index (χ3v) is 7.98. The Morgan fingerprint density at radius 2 is 0.896 bits per heavy atom. The third-order valence-electron chi connectivity index (χ3n) is 7.98. The normalized spacial score (nSPS) is 13.0. The molecular formula is C43H72O5. The number of aliphatic hydroxyl groups is 1. The molecule has 1 unspecified atom stereocenters. The molecule has 0 aliphatic carbocycles. The predicted molar refractivity (Wildman–Crippen MR) is 205 cm³/mol. The number of carbonyl (C=O) groups excluding carboxylic acids is 2. The van der Waals surface area contributed by atoms with Gasteiger partial charge in [0.05, 0.1) is 6.61 Å². The van der Waals surface area contributed by atoms with Crippen molar-refractivity contribution < 1.29 is 24.2 Å². The average molecular weight is 669 g/mol. The van der Waals surface area contributed by atoms with Crippen LogP contribution < -0.4 is 0 Å². The summed E-state index contributed by atoms with van der Waals surface area (Å²) in [5.74, 6) is -0.634. The molecule has 5 nitrogen and oxygen atoms in total. The summed E-state index contributed by atoms with van der Waals surface area (Å²) >= 11 is 0. The number of allylic oxidation sites excluding steroid dienone is 12. The minimum atomic E-state index is -0.789. The average Bonchev–Trinajstić information content (AvgIpc) is 3.09. The van der Waals surface area contributed by atoms with Crippen LogP contribution in [0.25, 0.3) is 0 Å². The first-order chi connectivity index (χ1) is 23.6. The van der Waals surface area contributed by atoms with E-state index in [9.17, 15) is 14.7 Å². The number of ether oxygens (including phenoxy) is 2. The Morgan fingerprint density at radius 1 is 0.500 bits per heavy atom. The fraction of sp³-hybridized carbons (Fsp3) is 0.674. The number of rotatable bonds is 34. The van der Waals surface area contributed by atoms with Crippen molar-refractivity contribution in [3.05, 3.63) is 72.9 Å². The maximum absolute atomic E-state index is 12.2. The van der Waals surface area contributed by atoms with Crippen LogP contribution in [0.2, 0.25) is 0 Å². The van der Waals surface area contributed by atoms with Crippen molar-refractivity contribution in [2.24, 2.45) is 0 Å². The van der Waals surface area contributed by atoms with Gasteiger partial charge in [-0.2, -0.15) is 0 Å². The fourth-order valence-electron chi connectivity index (χ4n) is 5.04. The molecule has 0 radical (unpaired) electrons. The molecule has 0 amide bonds. The first kappa shape index (κ1) is 45.3. The molecule has 0 spiro atoms. The first-order valence-electron chi connectivity index (χ1n) is 19.5. The monoisotopic (exact) mass is 669 g/mol.